The summed E-state index contributed by atoms with van der Waals surface area (Å²) in [6, 6.07) is 2.73. The Bertz CT molecular complexity index is 475. The van der Waals surface area contributed by atoms with Crippen LogP contribution >= 0.6 is 15.9 Å². The number of hydrogen-bond donors (Lipinski definition) is 1. The van der Waals surface area contributed by atoms with E-state index >= 15 is 0 Å². The first-order chi connectivity index (χ1) is 8.62. The second-order valence-corrected chi connectivity index (χ2v) is 5.15. The lowest BCUT2D eigenvalue weighted by Crippen LogP contribution is -2.36. The normalized spacial score (nSPS) is 13.0. The molecular formula is C12H14BrF3N2O. The molecule has 0 saturated carbocycles. The molecular weight excluding hydrogens is 325 g/mol. The van der Waals surface area contributed by atoms with Crippen LogP contribution < -0.4 is 5.32 Å². The Balaban J connectivity index is 2.90. The summed E-state index contributed by atoms with van der Waals surface area (Å²) in [6.45, 7) is 1.65. The molecule has 0 aliphatic carbocycles. The Kier molecular flexibility index (Phi) is 4.84. The molecule has 106 valence electrons. The Morgan fingerprint density at radius 3 is 2.37 bits per heavy atom. The van der Waals surface area contributed by atoms with Crippen molar-refractivity contribution in [3.63, 3.8) is 0 Å². The molecule has 0 aliphatic heterocycles. The van der Waals surface area contributed by atoms with Crippen LogP contribution in [0.4, 0.5) is 18.9 Å². The third-order valence-corrected chi connectivity index (χ3v) is 3.14. The molecule has 1 amide bonds. The van der Waals surface area contributed by atoms with Crippen LogP contribution in [0, 0.1) is 0 Å². The number of carbonyl (C=O) groups is 1. The number of carbonyl (C=O) groups excluding carboxylic acids is 1. The molecule has 0 aliphatic rings. The van der Waals surface area contributed by atoms with Crippen molar-refractivity contribution in [3.05, 3.63) is 28.2 Å². The van der Waals surface area contributed by atoms with Crippen molar-refractivity contribution >= 4 is 27.5 Å². The lowest BCUT2D eigenvalue weighted by molar-refractivity contribution is -0.137. The molecule has 3 nitrogen and oxygen atoms in total. The fourth-order valence-electron chi connectivity index (χ4n) is 1.49. The average molecular weight is 339 g/mol. The number of likely N-dealkylation sites (N-methyl/N-ethyl adjacent to an activating group) is 1. The second kappa shape index (κ2) is 5.81. The summed E-state index contributed by atoms with van der Waals surface area (Å²) in [5, 5.41) is 2.86. The van der Waals surface area contributed by atoms with Crippen molar-refractivity contribution in [2.24, 2.45) is 0 Å². The van der Waals surface area contributed by atoms with E-state index in [1.165, 1.54) is 11.0 Å². The molecule has 0 radical (unpaired) electrons. The third kappa shape index (κ3) is 4.12. The van der Waals surface area contributed by atoms with Gasteiger partial charge in [-0.2, -0.15) is 13.2 Å². The minimum absolute atomic E-state index is 0.160. The Morgan fingerprint density at radius 2 is 1.95 bits per heavy atom. The molecule has 1 unspecified atom stereocenters. The standard InChI is InChI=1S/C12H14BrF3N2O/c1-7(11(19)18(2)3)17-10-5-4-8(6-9(10)13)12(14,15)16/h4-7,17H,1-3H3. The molecule has 0 bridgehead atoms. The van der Waals surface area contributed by atoms with Gasteiger partial charge >= 0.3 is 6.18 Å². The van der Waals surface area contributed by atoms with E-state index in [4.69, 9.17) is 0 Å². The highest BCUT2D eigenvalue weighted by Gasteiger charge is 2.31. The van der Waals surface area contributed by atoms with Gasteiger partial charge in [-0.25, -0.2) is 0 Å². The van der Waals surface area contributed by atoms with Gasteiger partial charge in [0.2, 0.25) is 5.91 Å². The van der Waals surface area contributed by atoms with E-state index in [1.54, 1.807) is 21.0 Å². The Morgan fingerprint density at radius 1 is 1.37 bits per heavy atom. The predicted octanol–water partition coefficient (Wildman–Crippen LogP) is 3.36. The number of nitrogens with zero attached hydrogens (tertiary/aromatic N) is 1. The van der Waals surface area contributed by atoms with Crippen molar-refractivity contribution in [2.45, 2.75) is 19.1 Å². The lowest BCUT2D eigenvalue weighted by atomic mass is 10.2. The summed E-state index contributed by atoms with van der Waals surface area (Å²) in [5.74, 6) is -0.160. The summed E-state index contributed by atoms with van der Waals surface area (Å²) in [7, 11) is 3.23. The molecule has 19 heavy (non-hydrogen) atoms. The van der Waals surface area contributed by atoms with Crippen molar-refractivity contribution in [1.29, 1.82) is 0 Å². The minimum Gasteiger partial charge on any atom is -0.373 e. The monoisotopic (exact) mass is 338 g/mol. The fourth-order valence-corrected chi connectivity index (χ4v) is 1.98. The first-order valence-electron chi connectivity index (χ1n) is 5.47. The van der Waals surface area contributed by atoms with Crippen LogP contribution in [0.5, 0.6) is 0 Å². The van der Waals surface area contributed by atoms with E-state index in [0.717, 1.165) is 12.1 Å². The largest absolute Gasteiger partial charge is 0.416 e. The van der Waals surface area contributed by atoms with Crippen LogP contribution in [0.2, 0.25) is 0 Å². The number of rotatable bonds is 3. The number of amides is 1. The quantitative estimate of drug-likeness (QED) is 0.916. The van der Waals surface area contributed by atoms with Crippen molar-refractivity contribution in [1.82, 2.24) is 4.90 Å². The first kappa shape index (κ1) is 15.8. The van der Waals surface area contributed by atoms with Gasteiger partial charge in [0.1, 0.15) is 6.04 Å². The lowest BCUT2D eigenvalue weighted by Gasteiger charge is -2.20. The van der Waals surface area contributed by atoms with Gasteiger partial charge in [0.25, 0.3) is 0 Å². The smallest absolute Gasteiger partial charge is 0.373 e. The number of halogens is 4. The maximum Gasteiger partial charge on any atom is 0.416 e. The molecule has 1 aromatic carbocycles. The van der Waals surface area contributed by atoms with Crippen LogP contribution in [0.25, 0.3) is 0 Å². The zero-order valence-corrected chi connectivity index (χ0v) is 12.3. The highest BCUT2D eigenvalue weighted by molar-refractivity contribution is 9.10. The molecule has 1 atom stereocenters. The number of nitrogens with one attached hydrogen (secondary N) is 1. The van der Waals surface area contributed by atoms with E-state index in [2.05, 4.69) is 21.2 Å². The van der Waals surface area contributed by atoms with Crippen molar-refractivity contribution in [3.8, 4) is 0 Å². The van der Waals surface area contributed by atoms with E-state index < -0.39 is 17.8 Å². The van der Waals surface area contributed by atoms with Crippen LogP contribution in [0.3, 0.4) is 0 Å². The highest BCUT2D eigenvalue weighted by Crippen LogP contribution is 2.34. The van der Waals surface area contributed by atoms with Gasteiger partial charge in [-0.05, 0) is 41.1 Å². The summed E-state index contributed by atoms with van der Waals surface area (Å²) >= 11 is 3.07. The van der Waals surface area contributed by atoms with Gasteiger partial charge in [-0.1, -0.05) is 0 Å². The van der Waals surface area contributed by atoms with Crippen LogP contribution in [-0.4, -0.2) is 30.9 Å². The van der Waals surface area contributed by atoms with Gasteiger partial charge in [0.05, 0.1) is 5.56 Å². The third-order valence-electron chi connectivity index (χ3n) is 2.48. The highest BCUT2D eigenvalue weighted by atomic mass is 79.9. The molecule has 1 N–H and O–H groups in total. The van der Waals surface area contributed by atoms with Gasteiger partial charge in [-0.3, -0.25) is 4.79 Å². The molecule has 0 saturated heterocycles. The van der Waals surface area contributed by atoms with Gasteiger partial charge in [-0.15, -0.1) is 0 Å². The molecule has 0 fully saturated rings. The van der Waals surface area contributed by atoms with E-state index in [0.29, 0.717) is 5.69 Å². The van der Waals surface area contributed by atoms with Crippen LogP contribution in [-0.2, 0) is 11.0 Å². The zero-order chi connectivity index (χ0) is 14.8. The summed E-state index contributed by atoms with van der Waals surface area (Å²) in [4.78, 5) is 13.1. The number of alkyl halides is 3. The van der Waals surface area contributed by atoms with Crippen molar-refractivity contribution in [2.75, 3.05) is 19.4 Å². The Labute approximate surface area is 117 Å². The van der Waals surface area contributed by atoms with E-state index in [9.17, 15) is 18.0 Å². The predicted molar refractivity (Wildman–Crippen MR) is 70.9 cm³/mol. The van der Waals surface area contributed by atoms with Crippen LogP contribution in [0.15, 0.2) is 22.7 Å². The molecule has 0 spiro atoms. The molecule has 1 rings (SSSR count). The Hall–Kier alpha value is -1.24. The first-order valence-corrected chi connectivity index (χ1v) is 6.26. The summed E-state index contributed by atoms with van der Waals surface area (Å²) < 4.78 is 37.7. The topological polar surface area (TPSA) is 32.3 Å². The van der Waals surface area contributed by atoms with Gasteiger partial charge in [0.15, 0.2) is 0 Å². The SMILES string of the molecule is CC(Nc1ccc(C(F)(F)F)cc1Br)C(=O)N(C)C. The molecule has 0 aromatic heterocycles. The van der Waals surface area contributed by atoms with E-state index in [1.807, 2.05) is 0 Å². The fraction of sp³-hybridized carbons (Fsp3) is 0.417. The molecule has 7 heteroatoms. The van der Waals surface area contributed by atoms with Crippen molar-refractivity contribution < 1.29 is 18.0 Å². The van der Waals surface area contributed by atoms with Gasteiger partial charge in [0, 0.05) is 24.3 Å². The van der Waals surface area contributed by atoms with Crippen LogP contribution in [0.1, 0.15) is 12.5 Å². The summed E-state index contributed by atoms with van der Waals surface area (Å²) in [5.41, 5.74) is -0.299. The van der Waals surface area contributed by atoms with E-state index in [-0.39, 0.29) is 10.4 Å². The number of hydrogen-bond acceptors (Lipinski definition) is 2. The maximum atomic E-state index is 12.5. The second-order valence-electron chi connectivity index (χ2n) is 4.29. The number of benzene rings is 1. The van der Waals surface area contributed by atoms with Gasteiger partial charge < -0.3 is 10.2 Å². The number of anilines is 1. The summed E-state index contributed by atoms with van der Waals surface area (Å²) in [6.07, 6.45) is -4.38. The maximum absolute atomic E-state index is 12.5. The zero-order valence-electron chi connectivity index (χ0n) is 10.7. The average Bonchev–Trinajstić information content (AvgIpc) is 2.29. The molecule has 0 heterocycles. The minimum atomic E-state index is -4.38. The molecule has 1 aromatic rings.